The molecule has 13 heavy (non-hydrogen) atoms. The lowest BCUT2D eigenvalue weighted by Gasteiger charge is -1.92. The number of nitrogens with one attached hydrogen (secondary N) is 1. The van der Waals surface area contributed by atoms with E-state index >= 15 is 0 Å². The Balaban J connectivity index is 2.83. The van der Waals surface area contributed by atoms with Crippen molar-refractivity contribution in [3.8, 4) is 6.07 Å². The number of aryl methyl sites for hydroxylation is 1. The summed E-state index contributed by atoms with van der Waals surface area (Å²) >= 11 is 0. The summed E-state index contributed by atoms with van der Waals surface area (Å²) in [6.07, 6.45) is 0.896. The third kappa shape index (κ3) is 1.09. The zero-order chi connectivity index (χ0) is 9.26. The topological polar surface area (TPSA) is 39.6 Å². The number of para-hydroxylation sites is 1. The minimum absolute atomic E-state index is 0.698. The highest BCUT2D eigenvalue weighted by molar-refractivity contribution is 5.85. The number of nitriles is 1. The van der Waals surface area contributed by atoms with E-state index in [0.29, 0.717) is 5.69 Å². The predicted molar refractivity (Wildman–Crippen MR) is 52.4 cm³/mol. The first-order valence-electron chi connectivity index (χ1n) is 4.36. The molecule has 0 atom stereocenters. The number of H-pyrrole nitrogens is 1. The van der Waals surface area contributed by atoms with E-state index < -0.39 is 0 Å². The van der Waals surface area contributed by atoms with Gasteiger partial charge in [0.2, 0.25) is 0 Å². The third-order valence-corrected chi connectivity index (χ3v) is 2.28. The van der Waals surface area contributed by atoms with Gasteiger partial charge in [-0.15, -0.1) is 0 Å². The second-order valence-electron chi connectivity index (χ2n) is 2.99. The van der Waals surface area contributed by atoms with Gasteiger partial charge in [-0.25, -0.2) is 0 Å². The van der Waals surface area contributed by atoms with Crippen molar-refractivity contribution in [2.75, 3.05) is 0 Å². The molecule has 2 rings (SSSR count). The largest absolute Gasteiger partial charge is 0.346 e. The van der Waals surface area contributed by atoms with Gasteiger partial charge in [0.15, 0.2) is 0 Å². The maximum Gasteiger partial charge on any atom is 0.121 e. The lowest BCUT2D eigenvalue weighted by atomic mass is 10.1. The van der Waals surface area contributed by atoms with Gasteiger partial charge in [-0.05, 0) is 18.1 Å². The molecule has 0 radical (unpaired) electrons. The van der Waals surface area contributed by atoms with Crippen molar-refractivity contribution in [3.05, 3.63) is 35.5 Å². The average Bonchev–Trinajstić information content (AvgIpc) is 2.55. The average molecular weight is 170 g/mol. The van der Waals surface area contributed by atoms with Crippen LogP contribution in [0.25, 0.3) is 10.9 Å². The molecule has 1 aromatic carbocycles. The van der Waals surface area contributed by atoms with Crippen molar-refractivity contribution in [2.45, 2.75) is 13.3 Å². The molecule has 0 unspecified atom stereocenters. The number of hydrogen-bond donors (Lipinski definition) is 1. The Morgan fingerprint density at radius 3 is 2.85 bits per heavy atom. The highest BCUT2D eigenvalue weighted by Crippen LogP contribution is 2.21. The van der Waals surface area contributed by atoms with Gasteiger partial charge in [-0.2, -0.15) is 5.26 Å². The minimum atomic E-state index is 0.698. The molecule has 1 heterocycles. The molecule has 1 aromatic heterocycles. The molecule has 2 nitrogen and oxygen atoms in total. The number of nitrogens with zero attached hydrogens (tertiary/aromatic N) is 1. The molecule has 0 saturated carbocycles. The van der Waals surface area contributed by atoms with E-state index in [9.17, 15) is 0 Å². The van der Waals surface area contributed by atoms with Crippen LogP contribution in [0.5, 0.6) is 0 Å². The summed E-state index contributed by atoms with van der Waals surface area (Å²) < 4.78 is 0. The summed E-state index contributed by atoms with van der Waals surface area (Å²) in [6.45, 7) is 2.07. The number of rotatable bonds is 1. The van der Waals surface area contributed by atoms with Gasteiger partial charge in [-0.3, -0.25) is 0 Å². The lowest BCUT2D eigenvalue weighted by Crippen LogP contribution is -1.81. The number of aromatic nitrogens is 1. The molecule has 0 bridgehead atoms. The van der Waals surface area contributed by atoms with E-state index in [2.05, 4.69) is 18.0 Å². The van der Waals surface area contributed by atoms with Crippen LogP contribution >= 0.6 is 0 Å². The van der Waals surface area contributed by atoms with E-state index in [-0.39, 0.29) is 0 Å². The highest BCUT2D eigenvalue weighted by Gasteiger charge is 2.07. The zero-order valence-electron chi connectivity index (χ0n) is 7.46. The van der Waals surface area contributed by atoms with E-state index in [4.69, 9.17) is 5.26 Å². The van der Waals surface area contributed by atoms with Crippen molar-refractivity contribution < 1.29 is 0 Å². The third-order valence-electron chi connectivity index (χ3n) is 2.28. The SMILES string of the molecule is CCc1c(C#N)[nH]c2ccccc12. The summed E-state index contributed by atoms with van der Waals surface area (Å²) in [5.41, 5.74) is 2.87. The molecule has 1 N–H and O–H groups in total. The maximum absolute atomic E-state index is 8.87. The van der Waals surface area contributed by atoms with Gasteiger partial charge in [-0.1, -0.05) is 25.1 Å². The fourth-order valence-corrected chi connectivity index (χ4v) is 1.66. The molecule has 0 spiro atoms. The van der Waals surface area contributed by atoms with Crippen molar-refractivity contribution >= 4 is 10.9 Å². The molecular formula is C11H10N2. The minimum Gasteiger partial charge on any atom is -0.346 e. The van der Waals surface area contributed by atoms with Crippen LogP contribution in [0, 0.1) is 11.3 Å². The van der Waals surface area contributed by atoms with Crippen LogP contribution in [-0.4, -0.2) is 4.98 Å². The lowest BCUT2D eigenvalue weighted by molar-refractivity contribution is 1.14. The van der Waals surface area contributed by atoms with Gasteiger partial charge < -0.3 is 4.98 Å². The van der Waals surface area contributed by atoms with Crippen LogP contribution in [0.4, 0.5) is 0 Å². The number of aromatic amines is 1. The molecule has 0 fully saturated rings. The Morgan fingerprint density at radius 2 is 2.15 bits per heavy atom. The normalized spacial score (nSPS) is 10.2. The number of hydrogen-bond acceptors (Lipinski definition) is 1. The summed E-state index contributed by atoms with van der Waals surface area (Å²) in [5, 5.41) is 10.0. The Morgan fingerprint density at radius 1 is 1.38 bits per heavy atom. The zero-order valence-corrected chi connectivity index (χ0v) is 7.46. The predicted octanol–water partition coefficient (Wildman–Crippen LogP) is 2.60. The Labute approximate surface area is 76.8 Å². The fraction of sp³-hybridized carbons (Fsp3) is 0.182. The Bertz CT molecular complexity index is 474. The fourth-order valence-electron chi connectivity index (χ4n) is 1.66. The monoisotopic (exact) mass is 170 g/mol. The molecule has 0 aliphatic heterocycles. The summed E-state index contributed by atoms with van der Waals surface area (Å²) in [4.78, 5) is 3.10. The van der Waals surface area contributed by atoms with E-state index in [0.717, 1.165) is 17.5 Å². The smallest absolute Gasteiger partial charge is 0.121 e. The Kier molecular flexibility index (Phi) is 1.79. The molecule has 2 heteroatoms. The molecular weight excluding hydrogens is 160 g/mol. The highest BCUT2D eigenvalue weighted by atomic mass is 14.7. The quantitative estimate of drug-likeness (QED) is 0.702. The van der Waals surface area contributed by atoms with Crippen LogP contribution in [0.1, 0.15) is 18.2 Å². The molecule has 0 aliphatic carbocycles. The first-order chi connectivity index (χ1) is 6.36. The number of fused-ring (bicyclic) bond motifs is 1. The first-order valence-corrected chi connectivity index (χ1v) is 4.36. The second kappa shape index (κ2) is 2.95. The van der Waals surface area contributed by atoms with Crippen molar-refractivity contribution in [1.29, 1.82) is 5.26 Å². The van der Waals surface area contributed by atoms with Crippen LogP contribution in [0.3, 0.4) is 0 Å². The van der Waals surface area contributed by atoms with E-state index in [1.165, 1.54) is 5.39 Å². The molecule has 64 valence electrons. The van der Waals surface area contributed by atoms with Crippen molar-refractivity contribution in [2.24, 2.45) is 0 Å². The van der Waals surface area contributed by atoms with Crippen LogP contribution in [-0.2, 0) is 6.42 Å². The van der Waals surface area contributed by atoms with Crippen LogP contribution in [0.2, 0.25) is 0 Å². The van der Waals surface area contributed by atoms with E-state index in [1.54, 1.807) is 0 Å². The second-order valence-corrected chi connectivity index (χ2v) is 2.99. The molecule has 0 saturated heterocycles. The van der Waals surface area contributed by atoms with Crippen LogP contribution in [0.15, 0.2) is 24.3 Å². The summed E-state index contributed by atoms with van der Waals surface area (Å²) in [6, 6.07) is 10.2. The van der Waals surface area contributed by atoms with Crippen molar-refractivity contribution in [1.82, 2.24) is 4.98 Å². The first kappa shape index (κ1) is 7.88. The van der Waals surface area contributed by atoms with E-state index in [1.807, 2.05) is 24.3 Å². The summed E-state index contributed by atoms with van der Waals surface area (Å²) in [5.74, 6) is 0. The number of benzene rings is 1. The van der Waals surface area contributed by atoms with Crippen molar-refractivity contribution in [3.63, 3.8) is 0 Å². The Hall–Kier alpha value is -1.75. The maximum atomic E-state index is 8.87. The van der Waals surface area contributed by atoms with Gasteiger partial charge >= 0.3 is 0 Å². The molecule has 2 aromatic rings. The van der Waals surface area contributed by atoms with Gasteiger partial charge in [0.1, 0.15) is 11.8 Å². The summed E-state index contributed by atoms with van der Waals surface area (Å²) in [7, 11) is 0. The van der Waals surface area contributed by atoms with Gasteiger partial charge in [0, 0.05) is 10.9 Å². The van der Waals surface area contributed by atoms with Gasteiger partial charge in [0.25, 0.3) is 0 Å². The standard InChI is InChI=1S/C11H10N2/c1-2-8-9-5-3-4-6-10(9)13-11(8)7-12/h3-6,13H,2H2,1H3. The molecule has 0 aliphatic rings. The van der Waals surface area contributed by atoms with Gasteiger partial charge in [0.05, 0.1) is 0 Å². The van der Waals surface area contributed by atoms with Crippen LogP contribution < -0.4 is 0 Å². The molecule has 0 amide bonds.